The summed E-state index contributed by atoms with van der Waals surface area (Å²) in [4.78, 5) is -0.0232. The third-order valence-electron chi connectivity index (χ3n) is 5.03. The predicted molar refractivity (Wildman–Crippen MR) is 83.6 cm³/mol. The van der Waals surface area contributed by atoms with Crippen molar-refractivity contribution in [3.05, 3.63) is 24.3 Å². The molecule has 0 aliphatic carbocycles. The van der Waals surface area contributed by atoms with E-state index in [0.717, 1.165) is 49.9 Å². The number of hydrogen-bond donors (Lipinski definition) is 0. The smallest absolute Gasteiger partial charge is 0.406 e. The van der Waals surface area contributed by atoms with Crippen LogP contribution in [0.15, 0.2) is 29.2 Å². The SMILES string of the molecule is O=S(=O)(c1ccc(OC(F)(F)F)cc1)N1CCC2(CCOCC2)CC1. The monoisotopic (exact) mass is 379 g/mol. The number of ether oxygens (including phenoxy) is 2. The first-order valence-corrected chi connectivity index (χ1v) is 9.58. The topological polar surface area (TPSA) is 55.8 Å². The van der Waals surface area contributed by atoms with Crippen molar-refractivity contribution in [3.8, 4) is 5.75 Å². The molecular weight excluding hydrogens is 359 g/mol. The summed E-state index contributed by atoms with van der Waals surface area (Å²) in [5.41, 5.74) is 0.161. The van der Waals surface area contributed by atoms with E-state index in [1.54, 1.807) is 0 Å². The van der Waals surface area contributed by atoms with E-state index < -0.39 is 22.1 Å². The Hall–Kier alpha value is -1.32. The van der Waals surface area contributed by atoms with E-state index >= 15 is 0 Å². The first-order chi connectivity index (χ1) is 11.7. The van der Waals surface area contributed by atoms with Crippen LogP contribution in [-0.4, -0.2) is 45.4 Å². The van der Waals surface area contributed by atoms with Gasteiger partial charge in [-0.15, -0.1) is 13.2 Å². The molecule has 25 heavy (non-hydrogen) atoms. The average molecular weight is 379 g/mol. The molecule has 2 heterocycles. The molecule has 140 valence electrons. The van der Waals surface area contributed by atoms with Crippen LogP contribution < -0.4 is 4.74 Å². The van der Waals surface area contributed by atoms with Crippen molar-refractivity contribution in [2.45, 2.75) is 36.9 Å². The van der Waals surface area contributed by atoms with E-state index in [9.17, 15) is 21.6 Å². The van der Waals surface area contributed by atoms with E-state index in [0.29, 0.717) is 26.3 Å². The van der Waals surface area contributed by atoms with Crippen molar-refractivity contribution < 1.29 is 31.1 Å². The Bertz CT molecular complexity index is 687. The molecule has 0 atom stereocenters. The van der Waals surface area contributed by atoms with E-state index in [4.69, 9.17) is 4.74 Å². The fourth-order valence-corrected chi connectivity index (χ4v) is 4.91. The molecule has 0 aromatic heterocycles. The number of hydrogen-bond acceptors (Lipinski definition) is 4. The van der Waals surface area contributed by atoms with Crippen molar-refractivity contribution >= 4 is 10.0 Å². The number of halogens is 3. The fraction of sp³-hybridized carbons (Fsp3) is 0.625. The van der Waals surface area contributed by atoms with E-state index in [2.05, 4.69) is 4.74 Å². The number of sulfonamides is 1. The highest BCUT2D eigenvalue weighted by atomic mass is 32.2. The summed E-state index contributed by atoms with van der Waals surface area (Å²) in [6, 6.07) is 4.33. The summed E-state index contributed by atoms with van der Waals surface area (Å²) in [6.45, 7) is 2.27. The Morgan fingerprint density at radius 1 is 1.00 bits per heavy atom. The number of nitrogens with zero attached hydrogens (tertiary/aromatic N) is 1. The lowest BCUT2D eigenvalue weighted by Crippen LogP contribution is -2.45. The summed E-state index contributed by atoms with van der Waals surface area (Å²) in [5.74, 6) is -0.439. The fourth-order valence-electron chi connectivity index (χ4n) is 3.47. The average Bonchev–Trinajstić information content (AvgIpc) is 2.55. The van der Waals surface area contributed by atoms with Crippen LogP contribution in [0.5, 0.6) is 5.75 Å². The van der Waals surface area contributed by atoms with Crippen molar-refractivity contribution in [1.29, 1.82) is 0 Å². The normalized spacial score (nSPS) is 22.0. The largest absolute Gasteiger partial charge is 0.573 e. The Balaban J connectivity index is 1.68. The van der Waals surface area contributed by atoms with Crippen molar-refractivity contribution in [3.63, 3.8) is 0 Å². The van der Waals surface area contributed by atoms with Gasteiger partial charge in [-0.25, -0.2) is 8.42 Å². The number of benzene rings is 1. The second kappa shape index (κ2) is 6.77. The first kappa shape index (κ1) is 18.5. The standard InChI is InChI=1S/C16H20F3NO4S/c17-16(18,19)24-13-1-3-14(4-2-13)25(21,22)20-9-5-15(6-10-20)7-11-23-12-8-15/h1-4H,5-12H2. The van der Waals surface area contributed by atoms with Gasteiger partial charge in [0.25, 0.3) is 0 Å². The van der Waals surface area contributed by atoms with E-state index in [1.807, 2.05) is 0 Å². The van der Waals surface area contributed by atoms with Crippen LogP contribution in [0.25, 0.3) is 0 Å². The summed E-state index contributed by atoms with van der Waals surface area (Å²) >= 11 is 0. The third kappa shape index (κ3) is 4.27. The quantitative estimate of drug-likeness (QED) is 0.810. The molecule has 9 heteroatoms. The lowest BCUT2D eigenvalue weighted by atomic mass is 9.73. The van der Waals surface area contributed by atoms with Gasteiger partial charge >= 0.3 is 6.36 Å². The molecule has 1 spiro atoms. The van der Waals surface area contributed by atoms with Gasteiger partial charge in [-0.1, -0.05) is 0 Å². The van der Waals surface area contributed by atoms with Crippen molar-refractivity contribution in [2.75, 3.05) is 26.3 Å². The molecule has 2 saturated heterocycles. The van der Waals surface area contributed by atoms with Crippen molar-refractivity contribution in [1.82, 2.24) is 4.31 Å². The highest BCUT2D eigenvalue weighted by Crippen LogP contribution is 2.41. The molecule has 3 rings (SSSR count). The zero-order valence-corrected chi connectivity index (χ0v) is 14.4. The summed E-state index contributed by atoms with van der Waals surface area (Å²) in [5, 5.41) is 0. The maximum Gasteiger partial charge on any atom is 0.573 e. The van der Waals surface area contributed by atoms with Crippen LogP contribution in [0.3, 0.4) is 0 Å². The van der Waals surface area contributed by atoms with Gasteiger partial charge in [-0.3, -0.25) is 0 Å². The van der Waals surface area contributed by atoms with Crippen LogP contribution in [0.4, 0.5) is 13.2 Å². The van der Waals surface area contributed by atoms with E-state index in [-0.39, 0.29) is 10.3 Å². The molecule has 0 saturated carbocycles. The second-order valence-corrected chi connectivity index (χ2v) is 8.47. The maximum absolute atomic E-state index is 12.7. The molecular formula is C16H20F3NO4S. The molecule has 2 aliphatic heterocycles. The molecule has 0 bridgehead atoms. The van der Waals surface area contributed by atoms with Gasteiger partial charge in [0.1, 0.15) is 5.75 Å². The zero-order valence-electron chi connectivity index (χ0n) is 13.6. The van der Waals surface area contributed by atoms with Gasteiger partial charge in [-0.05, 0) is 55.4 Å². The lowest BCUT2D eigenvalue weighted by Gasteiger charge is -2.43. The zero-order chi connectivity index (χ0) is 18.1. The number of piperidine rings is 1. The molecule has 2 aliphatic rings. The lowest BCUT2D eigenvalue weighted by molar-refractivity contribution is -0.274. The van der Waals surface area contributed by atoms with Gasteiger partial charge in [0.15, 0.2) is 0 Å². The highest BCUT2D eigenvalue weighted by molar-refractivity contribution is 7.89. The van der Waals surface area contributed by atoms with Crippen molar-refractivity contribution in [2.24, 2.45) is 5.41 Å². The van der Waals surface area contributed by atoms with Gasteiger partial charge in [0.05, 0.1) is 4.90 Å². The van der Waals surface area contributed by atoms with Gasteiger partial charge in [0, 0.05) is 26.3 Å². The minimum atomic E-state index is -4.80. The number of alkyl halides is 3. The first-order valence-electron chi connectivity index (χ1n) is 8.14. The maximum atomic E-state index is 12.7. The third-order valence-corrected chi connectivity index (χ3v) is 6.94. The van der Waals surface area contributed by atoms with Crippen LogP contribution in [0, 0.1) is 5.41 Å². The molecule has 2 fully saturated rings. The number of rotatable bonds is 3. The molecule has 0 N–H and O–H groups in total. The molecule has 0 unspecified atom stereocenters. The second-order valence-electron chi connectivity index (χ2n) is 6.54. The van der Waals surface area contributed by atoms with Crippen LogP contribution in [-0.2, 0) is 14.8 Å². The predicted octanol–water partition coefficient (Wildman–Crippen LogP) is 3.17. The Morgan fingerprint density at radius 2 is 1.56 bits per heavy atom. The summed E-state index contributed by atoms with van der Waals surface area (Å²) < 4.78 is 72.5. The molecule has 0 radical (unpaired) electrons. The van der Waals surface area contributed by atoms with E-state index in [1.165, 1.54) is 4.31 Å². The Labute approximate surface area is 144 Å². The minimum absolute atomic E-state index is 0.0232. The minimum Gasteiger partial charge on any atom is -0.406 e. The highest BCUT2D eigenvalue weighted by Gasteiger charge is 2.39. The van der Waals surface area contributed by atoms with Gasteiger partial charge in [0.2, 0.25) is 10.0 Å². The molecule has 1 aromatic rings. The van der Waals surface area contributed by atoms with Crippen LogP contribution >= 0.6 is 0 Å². The van der Waals surface area contributed by atoms with Crippen LogP contribution in [0.2, 0.25) is 0 Å². The Morgan fingerprint density at radius 3 is 2.08 bits per heavy atom. The summed E-state index contributed by atoms with van der Waals surface area (Å²) in [6.07, 6.45) is -1.34. The Kier molecular flexibility index (Phi) is 5.00. The van der Waals surface area contributed by atoms with Gasteiger partial charge in [-0.2, -0.15) is 4.31 Å². The molecule has 5 nitrogen and oxygen atoms in total. The molecule has 0 amide bonds. The molecule has 1 aromatic carbocycles. The van der Waals surface area contributed by atoms with Gasteiger partial charge < -0.3 is 9.47 Å². The van der Waals surface area contributed by atoms with Crippen LogP contribution in [0.1, 0.15) is 25.7 Å². The summed E-state index contributed by atoms with van der Waals surface area (Å²) in [7, 11) is -3.71.